The summed E-state index contributed by atoms with van der Waals surface area (Å²) in [5.41, 5.74) is 5.95. The fourth-order valence-electron chi connectivity index (χ4n) is 2.67. The second-order valence-corrected chi connectivity index (χ2v) is 5.85. The molecular weight excluding hydrogens is 246 g/mol. The van der Waals surface area contributed by atoms with E-state index in [1.165, 1.54) is 51.4 Å². The van der Waals surface area contributed by atoms with Crippen LogP contribution in [-0.4, -0.2) is 30.0 Å². The summed E-state index contributed by atoms with van der Waals surface area (Å²) in [5, 5.41) is 0. The third-order valence-corrected chi connectivity index (χ3v) is 3.93. The molecule has 0 aliphatic carbocycles. The van der Waals surface area contributed by atoms with Crippen LogP contribution in [0.25, 0.3) is 0 Å². The molecule has 3 nitrogen and oxygen atoms in total. The van der Waals surface area contributed by atoms with Crippen molar-refractivity contribution >= 4 is 6.21 Å². The zero-order valence-electron chi connectivity index (χ0n) is 13.4. The molecule has 0 amide bonds. The van der Waals surface area contributed by atoms with Crippen molar-refractivity contribution in [2.24, 2.45) is 10.7 Å². The molecule has 0 aromatic rings. The maximum Gasteiger partial charge on any atom is 0.103 e. The Kier molecular flexibility index (Phi) is 9.60. The van der Waals surface area contributed by atoms with Gasteiger partial charge < -0.3 is 5.73 Å². The SMILES string of the molecule is CCC/C=C/CCCCCCCC1N=CCN1C(C)N. The molecule has 1 aliphatic rings. The first-order valence-electron chi connectivity index (χ1n) is 8.43. The van der Waals surface area contributed by atoms with Gasteiger partial charge in [0, 0.05) is 12.8 Å². The van der Waals surface area contributed by atoms with Crippen molar-refractivity contribution in [3.05, 3.63) is 12.2 Å². The van der Waals surface area contributed by atoms with Crippen LogP contribution in [0.2, 0.25) is 0 Å². The average Bonchev–Trinajstić information content (AvgIpc) is 2.89. The fourth-order valence-corrected chi connectivity index (χ4v) is 2.67. The van der Waals surface area contributed by atoms with Gasteiger partial charge in [0.1, 0.15) is 6.17 Å². The van der Waals surface area contributed by atoms with E-state index in [1.54, 1.807) is 0 Å². The normalized spacial score (nSPS) is 21.1. The zero-order valence-corrected chi connectivity index (χ0v) is 13.4. The van der Waals surface area contributed by atoms with Crippen LogP contribution in [0.5, 0.6) is 0 Å². The summed E-state index contributed by atoms with van der Waals surface area (Å²) in [5.74, 6) is 0. The molecule has 0 aromatic heterocycles. The number of hydrogen-bond donors (Lipinski definition) is 1. The number of nitrogens with two attached hydrogens (primary N) is 1. The quantitative estimate of drug-likeness (QED) is 0.457. The van der Waals surface area contributed by atoms with Gasteiger partial charge in [0.25, 0.3) is 0 Å². The van der Waals surface area contributed by atoms with E-state index < -0.39 is 0 Å². The Morgan fingerprint density at radius 1 is 1.20 bits per heavy atom. The third-order valence-electron chi connectivity index (χ3n) is 3.93. The molecule has 3 heteroatoms. The van der Waals surface area contributed by atoms with E-state index in [0.29, 0.717) is 6.17 Å². The summed E-state index contributed by atoms with van der Waals surface area (Å²) in [6.45, 7) is 5.20. The van der Waals surface area contributed by atoms with Gasteiger partial charge in [-0.05, 0) is 39.0 Å². The average molecular weight is 279 g/mol. The van der Waals surface area contributed by atoms with E-state index in [2.05, 4.69) is 29.0 Å². The molecule has 0 saturated heterocycles. The maximum atomic E-state index is 5.95. The topological polar surface area (TPSA) is 41.6 Å². The van der Waals surface area contributed by atoms with E-state index in [9.17, 15) is 0 Å². The predicted molar refractivity (Wildman–Crippen MR) is 89.0 cm³/mol. The minimum Gasteiger partial charge on any atom is -0.316 e. The molecule has 0 bridgehead atoms. The third kappa shape index (κ3) is 7.20. The van der Waals surface area contributed by atoms with Crippen molar-refractivity contribution in [2.75, 3.05) is 6.54 Å². The Bertz CT molecular complexity index is 284. The predicted octanol–water partition coefficient (Wildman–Crippen LogP) is 4.09. The van der Waals surface area contributed by atoms with Crippen molar-refractivity contribution in [1.82, 2.24) is 4.90 Å². The summed E-state index contributed by atoms with van der Waals surface area (Å²) in [6.07, 6.45) is 18.7. The lowest BCUT2D eigenvalue weighted by atomic mass is 10.1. The summed E-state index contributed by atoms with van der Waals surface area (Å²) in [6, 6.07) is 0. The molecule has 0 fully saturated rings. The molecule has 2 unspecified atom stereocenters. The molecule has 20 heavy (non-hydrogen) atoms. The fraction of sp³-hybridized carbons (Fsp3) is 0.824. The standard InChI is InChI=1S/C17H33N3/c1-3-4-5-6-7-8-9-10-11-12-13-17-19-14-15-20(17)16(2)18/h5-6,14,16-17H,3-4,7-13,15,18H2,1-2H3/b6-5+. The highest BCUT2D eigenvalue weighted by Crippen LogP contribution is 2.17. The van der Waals surface area contributed by atoms with Gasteiger partial charge in [0.05, 0.1) is 6.17 Å². The van der Waals surface area contributed by atoms with Crippen LogP contribution < -0.4 is 5.73 Å². The summed E-state index contributed by atoms with van der Waals surface area (Å²) in [4.78, 5) is 6.80. The van der Waals surface area contributed by atoms with Crippen LogP contribution in [0, 0.1) is 0 Å². The van der Waals surface area contributed by atoms with Gasteiger partial charge in [-0.1, -0.05) is 44.8 Å². The van der Waals surface area contributed by atoms with Gasteiger partial charge in [0.2, 0.25) is 0 Å². The van der Waals surface area contributed by atoms with Crippen molar-refractivity contribution < 1.29 is 0 Å². The van der Waals surface area contributed by atoms with Crippen molar-refractivity contribution in [3.8, 4) is 0 Å². The number of hydrogen-bond acceptors (Lipinski definition) is 3. The highest BCUT2D eigenvalue weighted by atomic mass is 15.3. The number of aliphatic imine (C=N–C) groups is 1. The molecule has 0 spiro atoms. The first-order chi connectivity index (χ1) is 9.75. The molecule has 1 aliphatic heterocycles. The van der Waals surface area contributed by atoms with Gasteiger partial charge in [-0.3, -0.25) is 9.89 Å². The molecular formula is C17H33N3. The van der Waals surface area contributed by atoms with Gasteiger partial charge in [-0.25, -0.2) is 0 Å². The Hall–Kier alpha value is -0.670. The van der Waals surface area contributed by atoms with E-state index in [1.807, 2.05) is 13.1 Å². The van der Waals surface area contributed by atoms with Crippen LogP contribution in [0.3, 0.4) is 0 Å². The molecule has 1 heterocycles. The molecule has 0 saturated carbocycles. The van der Waals surface area contributed by atoms with E-state index in [0.717, 1.165) is 13.0 Å². The molecule has 0 radical (unpaired) electrons. The minimum absolute atomic E-state index is 0.123. The lowest BCUT2D eigenvalue weighted by molar-refractivity contribution is 0.182. The van der Waals surface area contributed by atoms with Crippen LogP contribution in [0.1, 0.15) is 71.6 Å². The van der Waals surface area contributed by atoms with Gasteiger partial charge in [-0.2, -0.15) is 0 Å². The van der Waals surface area contributed by atoms with E-state index in [4.69, 9.17) is 5.73 Å². The number of unbranched alkanes of at least 4 members (excludes halogenated alkanes) is 6. The monoisotopic (exact) mass is 279 g/mol. The van der Waals surface area contributed by atoms with Crippen LogP contribution in [-0.2, 0) is 0 Å². The number of allylic oxidation sites excluding steroid dienone is 2. The Balaban J connectivity index is 1.93. The molecule has 1 rings (SSSR count). The molecule has 2 atom stereocenters. The molecule has 116 valence electrons. The summed E-state index contributed by atoms with van der Waals surface area (Å²) in [7, 11) is 0. The first-order valence-corrected chi connectivity index (χ1v) is 8.43. The van der Waals surface area contributed by atoms with Crippen molar-refractivity contribution in [2.45, 2.75) is 84.0 Å². The van der Waals surface area contributed by atoms with Gasteiger partial charge >= 0.3 is 0 Å². The highest BCUT2D eigenvalue weighted by Gasteiger charge is 2.22. The maximum absolute atomic E-state index is 5.95. The second kappa shape index (κ2) is 11.0. The Morgan fingerprint density at radius 3 is 2.65 bits per heavy atom. The summed E-state index contributed by atoms with van der Waals surface area (Å²) >= 11 is 0. The number of rotatable bonds is 11. The zero-order chi connectivity index (χ0) is 14.6. The van der Waals surface area contributed by atoms with Crippen LogP contribution in [0.4, 0.5) is 0 Å². The Labute approximate surface area is 125 Å². The lowest BCUT2D eigenvalue weighted by Crippen LogP contribution is -2.43. The van der Waals surface area contributed by atoms with Crippen molar-refractivity contribution in [3.63, 3.8) is 0 Å². The van der Waals surface area contributed by atoms with E-state index in [-0.39, 0.29) is 6.17 Å². The second-order valence-electron chi connectivity index (χ2n) is 5.85. The van der Waals surface area contributed by atoms with Crippen molar-refractivity contribution in [1.29, 1.82) is 0 Å². The van der Waals surface area contributed by atoms with Gasteiger partial charge in [0.15, 0.2) is 0 Å². The van der Waals surface area contributed by atoms with Crippen LogP contribution >= 0.6 is 0 Å². The number of nitrogens with zero attached hydrogens (tertiary/aromatic N) is 2. The lowest BCUT2D eigenvalue weighted by Gasteiger charge is -2.26. The molecule has 0 aromatic carbocycles. The first kappa shape index (κ1) is 17.4. The smallest absolute Gasteiger partial charge is 0.103 e. The molecule has 2 N–H and O–H groups in total. The van der Waals surface area contributed by atoms with E-state index >= 15 is 0 Å². The summed E-state index contributed by atoms with van der Waals surface area (Å²) < 4.78 is 0. The highest BCUT2D eigenvalue weighted by molar-refractivity contribution is 5.62. The Morgan fingerprint density at radius 2 is 1.90 bits per heavy atom. The largest absolute Gasteiger partial charge is 0.316 e. The minimum atomic E-state index is 0.123. The van der Waals surface area contributed by atoms with Crippen LogP contribution in [0.15, 0.2) is 17.1 Å². The van der Waals surface area contributed by atoms with Gasteiger partial charge in [-0.15, -0.1) is 0 Å².